The van der Waals surface area contributed by atoms with Crippen molar-refractivity contribution in [1.82, 2.24) is 4.57 Å². The predicted molar refractivity (Wildman–Crippen MR) is 145 cm³/mol. The number of nitrogens with zero attached hydrogens (tertiary/aromatic N) is 2. The molecular formula is C25H14BrCl3N2O2S. The van der Waals surface area contributed by atoms with Crippen molar-refractivity contribution in [1.29, 1.82) is 0 Å². The Hall–Kier alpha value is -2.22. The molecule has 1 saturated heterocycles. The molecule has 1 fully saturated rings. The van der Waals surface area contributed by atoms with Crippen LogP contribution in [0.5, 0.6) is 0 Å². The number of thioether (sulfide) groups is 1. The number of imide groups is 1. The molecule has 5 rings (SSSR count). The molecule has 170 valence electrons. The van der Waals surface area contributed by atoms with Gasteiger partial charge in [0.25, 0.3) is 11.1 Å². The minimum absolute atomic E-state index is 0.327. The number of fused-ring (bicyclic) bond motifs is 1. The molecule has 0 N–H and O–H groups in total. The molecule has 1 aromatic heterocycles. The Kier molecular flexibility index (Phi) is 6.53. The van der Waals surface area contributed by atoms with Gasteiger partial charge >= 0.3 is 0 Å². The summed E-state index contributed by atoms with van der Waals surface area (Å²) >= 11 is 23.1. The first-order valence-electron chi connectivity index (χ1n) is 10.1. The van der Waals surface area contributed by atoms with Crippen LogP contribution in [0.4, 0.5) is 10.5 Å². The standard InChI is InChI=1S/C25H14BrCl3N2O2S/c26-16-6-8-21-18(10-16)15(13-30(21)12-14-5-7-17(27)11-20(14)29)9-23-24(32)31(25(33)34-23)22-4-2-1-3-19(22)28/h1-11,13H,12H2/b23-9-. The normalized spacial score (nSPS) is 15.2. The van der Waals surface area contributed by atoms with E-state index < -0.39 is 5.91 Å². The molecule has 0 unspecified atom stereocenters. The molecule has 0 bridgehead atoms. The van der Waals surface area contributed by atoms with Crippen molar-refractivity contribution in [2.45, 2.75) is 6.54 Å². The molecular weight excluding hydrogens is 579 g/mol. The molecule has 0 atom stereocenters. The van der Waals surface area contributed by atoms with Crippen LogP contribution in [0.1, 0.15) is 11.1 Å². The number of halogens is 4. The van der Waals surface area contributed by atoms with Crippen molar-refractivity contribution in [2.24, 2.45) is 0 Å². The van der Waals surface area contributed by atoms with Gasteiger partial charge in [0.1, 0.15) is 0 Å². The van der Waals surface area contributed by atoms with Crippen LogP contribution in [-0.2, 0) is 11.3 Å². The number of hydrogen-bond donors (Lipinski definition) is 0. The van der Waals surface area contributed by atoms with Crippen molar-refractivity contribution in [3.63, 3.8) is 0 Å². The van der Waals surface area contributed by atoms with Crippen molar-refractivity contribution in [2.75, 3.05) is 4.90 Å². The Labute approximate surface area is 223 Å². The molecule has 0 saturated carbocycles. The molecule has 34 heavy (non-hydrogen) atoms. The summed E-state index contributed by atoms with van der Waals surface area (Å²) in [7, 11) is 0. The number of hydrogen-bond acceptors (Lipinski definition) is 3. The number of aromatic nitrogens is 1. The molecule has 1 aliphatic rings. The zero-order chi connectivity index (χ0) is 24.0. The summed E-state index contributed by atoms with van der Waals surface area (Å²) in [5.41, 5.74) is 3.06. The second kappa shape index (κ2) is 9.44. The van der Waals surface area contributed by atoms with E-state index in [0.29, 0.717) is 32.2 Å². The Morgan fingerprint density at radius 2 is 1.74 bits per heavy atom. The van der Waals surface area contributed by atoms with Crippen molar-refractivity contribution in [3.8, 4) is 0 Å². The second-order valence-electron chi connectivity index (χ2n) is 7.58. The van der Waals surface area contributed by atoms with Gasteiger partial charge in [0, 0.05) is 43.7 Å². The first-order chi connectivity index (χ1) is 16.3. The van der Waals surface area contributed by atoms with Crippen LogP contribution >= 0.6 is 62.5 Å². The molecule has 1 aliphatic heterocycles. The molecule has 0 aliphatic carbocycles. The van der Waals surface area contributed by atoms with E-state index in [9.17, 15) is 9.59 Å². The van der Waals surface area contributed by atoms with Gasteiger partial charge in [0.05, 0.1) is 15.6 Å². The van der Waals surface area contributed by atoms with Crippen LogP contribution in [0, 0.1) is 0 Å². The quantitative estimate of drug-likeness (QED) is 0.223. The highest BCUT2D eigenvalue weighted by Gasteiger charge is 2.37. The average Bonchev–Trinajstić information content (AvgIpc) is 3.26. The predicted octanol–water partition coefficient (Wildman–Crippen LogP) is 8.65. The molecule has 9 heteroatoms. The number of benzene rings is 3. The SMILES string of the molecule is O=C1S/C(=C\c2cn(Cc3ccc(Cl)cc3Cl)c3ccc(Br)cc23)C(=O)N1c1ccccc1Cl. The molecule has 3 aromatic carbocycles. The lowest BCUT2D eigenvalue weighted by Crippen LogP contribution is -2.27. The van der Waals surface area contributed by atoms with Crippen molar-refractivity contribution in [3.05, 3.63) is 102 Å². The monoisotopic (exact) mass is 590 g/mol. The van der Waals surface area contributed by atoms with E-state index in [4.69, 9.17) is 34.8 Å². The first kappa shape index (κ1) is 23.5. The van der Waals surface area contributed by atoms with E-state index in [2.05, 4.69) is 20.5 Å². The van der Waals surface area contributed by atoms with Gasteiger partial charge in [-0.15, -0.1) is 0 Å². The van der Waals surface area contributed by atoms with Crippen molar-refractivity contribution >= 4 is 96.3 Å². The largest absolute Gasteiger partial charge is 0.342 e. The van der Waals surface area contributed by atoms with E-state index in [-0.39, 0.29) is 5.24 Å². The van der Waals surface area contributed by atoms with Gasteiger partial charge in [-0.3, -0.25) is 9.59 Å². The summed E-state index contributed by atoms with van der Waals surface area (Å²) in [6.07, 6.45) is 3.70. The summed E-state index contributed by atoms with van der Waals surface area (Å²) in [6, 6.07) is 18.1. The summed E-state index contributed by atoms with van der Waals surface area (Å²) in [4.78, 5) is 27.3. The number of para-hydroxylation sites is 1. The van der Waals surface area contributed by atoms with Gasteiger partial charge in [-0.05, 0) is 65.9 Å². The maximum atomic E-state index is 13.2. The fourth-order valence-electron chi connectivity index (χ4n) is 3.83. The van der Waals surface area contributed by atoms with Gasteiger partial charge in [0.15, 0.2) is 0 Å². The molecule has 0 spiro atoms. The summed E-state index contributed by atoms with van der Waals surface area (Å²) in [6.45, 7) is 0.517. The van der Waals surface area contributed by atoms with E-state index >= 15 is 0 Å². The topological polar surface area (TPSA) is 42.3 Å². The zero-order valence-electron chi connectivity index (χ0n) is 17.3. The van der Waals surface area contributed by atoms with Gasteiger partial charge in [0.2, 0.25) is 0 Å². The van der Waals surface area contributed by atoms with Gasteiger partial charge in [-0.1, -0.05) is 68.9 Å². The van der Waals surface area contributed by atoms with E-state index in [1.165, 1.54) is 0 Å². The Morgan fingerprint density at radius 3 is 2.50 bits per heavy atom. The average molecular weight is 593 g/mol. The maximum absolute atomic E-state index is 13.2. The Bertz CT molecular complexity index is 1520. The lowest BCUT2D eigenvalue weighted by atomic mass is 10.1. The third kappa shape index (κ3) is 4.41. The number of carbonyl (C=O) groups is 2. The fourth-order valence-corrected chi connectivity index (χ4v) is 5.70. The van der Waals surface area contributed by atoms with Crippen LogP contribution in [0.15, 0.2) is 76.2 Å². The van der Waals surface area contributed by atoms with Gasteiger partial charge < -0.3 is 4.57 Å². The summed E-state index contributed by atoms with van der Waals surface area (Å²) in [5.74, 6) is -0.403. The molecule has 0 radical (unpaired) electrons. The number of amides is 2. The number of anilines is 1. The van der Waals surface area contributed by atoms with Crippen LogP contribution in [0.25, 0.3) is 17.0 Å². The van der Waals surface area contributed by atoms with Crippen LogP contribution in [0.3, 0.4) is 0 Å². The smallest absolute Gasteiger partial charge is 0.298 e. The molecule has 2 heterocycles. The number of carbonyl (C=O) groups excluding carboxylic acids is 2. The van der Waals surface area contributed by atoms with Crippen LogP contribution < -0.4 is 4.90 Å². The Morgan fingerprint density at radius 1 is 0.941 bits per heavy atom. The third-order valence-corrected chi connectivity index (χ3v) is 7.67. The van der Waals surface area contributed by atoms with Gasteiger partial charge in [-0.25, -0.2) is 4.90 Å². The van der Waals surface area contributed by atoms with E-state index in [1.54, 1.807) is 42.5 Å². The molecule has 4 aromatic rings. The maximum Gasteiger partial charge on any atom is 0.298 e. The van der Waals surface area contributed by atoms with Crippen molar-refractivity contribution < 1.29 is 9.59 Å². The highest BCUT2D eigenvalue weighted by atomic mass is 79.9. The minimum atomic E-state index is -0.403. The zero-order valence-corrected chi connectivity index (χ0v) is 21.9. The second-order valence-corrected chi connectivity index (χ2v) is 10.7. The molecule has 2 amide bonds. The number of rotatable bonds is 4. The highest BCUT2D eigenvalue weighted by Crippen LogP contribution is 2.39. The van der Waals surface area contributed by atoms with Gasteiger partial charge in [-0.2, -0.15) is 0 Å². The fraction of sp³-hybridized carbons (Fsp3) is 0.0400. The first-order valence-corrected chi connectivity index (χ1v) is 12.8. The lowest BCUT2D eigenvalue weighted by molar-refractivity contribution is -0.113. The minimum Gasteiger partial charge on any atom is -0.342 e. The highest BCUT2D eigenvalue weighted by molar-refractivity contribution is 9.10. The van der Waals surface area contributed by atoms with E-state index in [1.807, 2.05) is 30.5 Å². The molecule has 4 nitrogen and oxygen atoms in total. The third-order valence-electron chi connectivity index (χ3n) is 5.40. The van der Waals surface area contributed by atoms with Crippen LogP contribution in [0.2, 0.25) is 15.1 Å². The van der Waals surface area contributed by atoms with E-state index in [0.717, 1.165) is 43.2 Å². The summed E-state index contributed by atoms with van der Waals surface area (Å²) < 4.78 is 2.96. The van der Waals surface area contributed by atoms with Crippen LogP contribution in [-0.4, -0.2) is 15.7 Å². The lowest BCUT2D eigenvalue weighted by Gasteiger charge is -2.13. The summed E-state index contributed by atoms with van der Waals surface area (Å²) in [5, 5.41) is 2.04. The Balaban J connectivity index is 1.56.